The first-order valence-corrected chi connectivity index (χ1v) is 5.90. The maximum Gasteiger partial charge on any atom is 0.125 e. The van der Waals surface area contributed by atoms with Crippen LogP contribution in [0.1, 0.15) is 31.1 Å². The Morgan fingerprint density at radius 3 is 2.94 bits per heavy atom. The molecule has 4 nitrogen and oxygen atoms in total. The van der Waals surface area contributed by atoms with Crippen molar-refractivity contribution in [2.45, 2.75) is 32.5 Å². The largest absolute Gasteiger partial charge is 0.493 e. The summed E-state index contributed by atoms with van der Waals surface area (Å²) >= 11 is 0. The van der Waals surface area contributed by atoms with E-state index in [9.17, 15) is 5.11 Å². The maximum absolute atomic E-state index is 9.75. The SMILES string of the molecule is CCOc1cc2c(cc1C(O)CO)OC(C)C2. The summed E-state index contributed by atoms with van der Waals surface area (Å²) < 4.78 is 11.1. The molecule has 0 saturated carbocycles. The monoisotopic (exact) mass is 238 g/mol. The third-order valence-corrected chi connectivity index (χ3v) is 2.86. The van der Waals surface area contributed by atoms with E-state index in [0.717, 1.165) is 17.7 Å². The standard InChI is InChI=1S/C13H18O4/c1-3-16-13-5-9-4-8(2)17-12(9)6-10(13)11(15)7-14/h5-6,8,11,14-15H,3-4,7H2,1-2H3. The maximum atomic E-state index is 9.75. The van der Waals surface area contributed by atoms with Crippen molar-refractivity contribution >= 4 is 0 Å². The molecule has 2 N–H and O–H groups in total. The van der Waals surface area contributed by atoms with Gasteiger partial charge in [0.1, 0.15) is 23.7 Å². The first kappa shape index (κ1) is 12.2. The second-order valence-corrected chi connectivity index (χ2v) is 4.26. The molecule has 4 heteroatoms. The van der Waals surface area contributed by atoms with Gasteiger partial charge in [-0.1, -0.05) is 0 Å². The molecule has 0 amide bonds. The van der Waals surface area contributed by atoms with Crippen LogP contribution >= 0.6 is 0 Å². The van der Waals surface area contributed by atoms with Gasteiger partial charge in [-0.2, -0.15) is 0 Å². The molecule has 1 aromatic rings. The number of rotatable bonds is 4. The molecule has 0 aromatic heterocycles. The van der Waals surface area contributed by atoms with Crippen molar-refractivity contribution in [1.29, 1.82) is 0 Å². The van der Waals surface area contributed by atoms with Crippen LogP contribution in [0.3, 0.4) is 0 Å². The van der Waals surface area contributed by atoms with Crippen molar-refractivity contribution in [1.82, 2.24) is 0 Å². The van der Waals surface area contributed by atoms with Crippen molar-refractivity contribution < 1.29 is 19.7 Å². The van der Waals surface area contributed by atoms with E-state index in [1.165, 1.54) is 0 Å². The lowest BCUT2D eigenvalue weighted by Crippen LogP contribution is -2.07. The summed E-state index contributed by atoms with van der Waals surface area (Å²) in [5.41, 5.74) is 1.68. The van der Waals surface area contributed by atoms with Gasteiger partial charge in [0.2, 0.25) is 0 Å². The van der Waals surface area contributed by atoms with E-state index in [0.29, 0.717) is 17.9 Å². The highest BCUT2D eigenvalue weighted by atomic mass is 16.5. The van der Waals surface area contributed by atoms with Crippen molar-refractivity contribution in [3.63, 3.8) is 0 Å². The molecule has 1 aromatic carbocycles. The Morgan fingerprint density at radius 2 is 2.29 bits per heavy atom. The van der Waals surface area contributed by atoms with Gasteiger partial charge in [0.15, 0.2) is 0 Å². The van der Waals surface area contributed by atoms with E-state index >= 15 is 0 Å². The summed E-state index contributed by atoms with van der Waals surface area (Å²) in [5, 5.41) is 18.8. The summed E-state index contributed by atoms with van der Waals surface area (Å²) in [4.78, 5) is 0. The van der Waals surface area contributed by atoms with E-state index in [1.54, 1.807) is 6.07 Å². The molecule has 1 aliphatic heterocycles. The summed E-state index contributed by atoms with van der Waals surface area (Å²) in [7, 11) is 0. The molecule has 0 aliphatic carbocycles. The second kappa shape index (κ2) is 4.94. The molecule has 0 bridgehead atoms. The number of benzene rings is 1. The van der Waals surface area contributed by atoms with Gasteiger partial charge in [-0.05, 0) is 26.0 Å². The fraction of sp³-hybridized carbons (Fsp3) is 0.538. The molecule has 17 heavy (non-hydrogen) atoms. The van der Waals surface area contributed by atoms with Crippen LogP contribution in [-0.4, -0.2) is 29.5 Å². The van der Waals surface area contributed by atoms with Crippen LogP contribution in [0.25, 0.3) is 0 Å². The number of hydrogen-bond donors (Lipinski definition) is 2. The van der Waals surface area contributed by atoms with Gasteiger partial charge >= 0.3 is 0 Å². The highest BCUT2D eigenvalue weighted by Crippen LogP contribution is 2.37. The molecule has 0 fully saturated rings. The first-order chi connectivity index (χ1) is 8.15. The molecule has 2 unspecified atom stereocenters. The van der Waals surface area contributed by atoms with Crippen molar-refractivity contribution in [2.75, 3.05) is 13.2 Å². The average molecular weight is 238 g/mol. The Hall–Kier alpha value is -1.26. The Balaban J connectivity index is 2.39. The van der Waals surface area contributed by atoms with E-state index in [4.69, 9.17) is 14.6 Å². The Labute approximate surface area is 101 Å². The number of fused-ring (bicyclic) bond motifs is 1. The molecular formula is C13H18O4. The van der Waals surface area contributed by atoms with Crippen LogP contribution in [0.2, 0.25) is 0 Å². The lowest BCUT2D eigenvalue weighted by Gasteiger charge is -2.15. The minimum atomic E-state index is -0.929. The zero-order valence-corrected chi connectivity index (χ0v) is 10.1. The van der Waals surface area contributed by atoms with Crippen molar-refractivity contribution in [2.24, 2.45) is 0 Å². The average Bonchev–Trinajstić information content (AvgIpc) is 2.66. The number of ether oxygens (including phenoxy) is 2. The van der Waals surface area contributed by atoms with Crippen LogP contribution in [0, 0.1) is 0 Å². The molecule has 2 rings (SSSR count). The molecular weight excluding hydrogens is 220 g/mol. The molecule has 1 aliphatic rings. The Kier molecular flexibility index (Phi) is 3.54. The van der Waals surface area contributed by atoms with E-state index in [1.807, 2.05) is 19.9 Å². The molecule has 0 spiro atoms. The number of aliphatic hydroxyl groups is 2. The Morgan fingerprint density at radius 1 is 1.53 bits per heavy atom. The van der Waals surface area contributed by atoms with Gasteiger partial charge < -0.3 is 19.7 Å². The van der Waals surface area contributed by atoms with Gasteiger partial charge in [-0.15, -0.1) is 0 Å². The zero-order valence-electron chi connectivity index (χ0n) is 10.1. The zero-order chi connectivity index (χ0) is 12.4. The molecule has 0 radical (unpaired) electrons. The lowest BCUT2D eigenvalue weighted by molar-refractivity contribution is 0.0925. The van der Waals surface area contributed by atoms with Crippen LogP contribution in [-0.2, 0) is 6.42 Å². The highest BCUT2D eigenvalue weighted by molar-refractivity contribution is 5.49. The first-order valence-electron chi connectivity index (χ1n) is 5.90. The molecule has 94 valence electrons. The van der Waals surface area contributed by atoms with Crippen LogP contribution < -0.4 is 9.47 Å². The predicted molar refractivity (Wildman–Crippen MR) is 63.5 cm³/mol. The predicted octanol–water partition coefficient (Wildman–Crippen LogP) is 1.43. The summed E-state index contributed by atoms with van der Waals surface area (Å²) in [6.07, 6.45) is 0.0765. The van der Waals surface area contributed by atoms with Crippen molar-refractivity contribution in [3.8, 4) is 11.5 Å². The summed E-state index contributed by atoms with van der Waals surface area (Å²) in [6, 6.07) is 3.67. The Bertz CT molecular complexity index is 403. The van der Waals surface area contributed by atoms with Gasteiger partial charge in [0.25, 0.3) is 0 Å². The van der Waals surface area contributed by atoms with E-state index < -0.39 is 6.10 Å². The van der Waals surface area contributed by atoms with E-state index in [2.05, 4.69) is 0 Å². The summed E-state index contributed by atoms with van der Waals surface area (Å²) in [5.74, 6) is 1.41. The third-order valence-electron chi connectivity index (χ3n) is 2.86. The molecule has 2 atom stereocenters. The van der Waals surface area contributed by atoms with Gasteiger partial charge in [-0.25, -0.2) is 0 Å². The van der Waals surface area contributed by atoms with Crippen LogP contribution in [0.4, 0.5) is 0 Å². The van der Waals surface area contributed by atoms with Crippen LogP contribution in [0.15, 0.2) is 12.1 Å². The van der Waals surface area contributed by atoms with Crippen LogP contribution in [0.5, 0.6) is 11.5 Å². The van der Waals surface area contributed by atoms with Gasteiger partial charge in [0, 0.05) is 17.5 Å². The number of hydrogen-bond acceptors (Lipinski definition) is 4. The fourth-order valence-electron chi connectivity index (χ4n) is 2.09. The van der Waals surface area contributed by atoms with E-state index in [-0.39, 0.29) is 12.7 Å². The van der Waals surface area contributed by atoms with Crippen molar-refractivity contribution in [3.05, 3.63) is 23.3 Å². The molecule has 0 saturated heterocycles. The highest BCUT2D eigenvalue weighted by Gasteiger charge is 2.24. The third kappa shape index (κ3) is 2.37. The van der Waals surface area contributed by atoms with Gasteiger partial charge in [0.05, 0.1) is 13.2 Å². The fourth-order valence-corrected chi connectivity index (χ4v) is 2.09. The topological polar surface area (TPSA) is 58.9 Å². The number of aliphatic hydroxyl groups excluding tert-OH is 2. The minimum Gasteiger partial charge on any atom is -0.493 e. The minimum absolute atomic E-state index is 0.154. The normalized spacial score (nSPS) is 19.6. The summed E-state index contributed by atoms with van der Waals surface area (Å²) in [6.45, 7) is 4.10. The smallest absolute Gasteiger partial charge is 0.125 e. The molecule has 1 heterocycles. The quantitative estimate of drug-likeness (QED) is 0.833. The van der Waals surface area contributed by atoms with Gasteiger partial charge in [-0.3, -0.25) is 0 Å². The second-order valence-electron chi connectivity index (χ2n) is 4.26. The lowest BCUT2D eigenvalue weighted by atomic mass is 10.0.